The number of hydrogen-bond donors (Lipinski definition) is 1. The van der Waals surface area contributed by atoms with Crippen LogP contribution in [0.15, 0.2) is 24.5 Å². The minimum absolute atomic E-state index is 0.167. The van der Waals surface area contributed by atoms with Crippen LogP contribution in [-0.4, -0.2) is 26.5 Å². The average molecular weight is 257 g/mol. The second-order valence-corrected chi connectivity index (χ2v) is 4.06. The first-order valence-corrected chi connectivity index (χ1v) is 5.86. The van der Waals surface area contributed by atoms with Crippen molar-refractivity contribution in [1.29, 1.82) is 0 Å². The summed E-state index contributed by atoms with van der Waals surface area (Å²) in [6.45, 7) is 2.20. The number of ether oxygens (including phenoxy) is 1. The Hall–Kier alpha value is -2.32. The van der Waals surface area contributed by atoms with Gasteiger partial charge in [-0.15, -0.1) is 0 Å². The minimum atomic E-state index is -0.167. The normalized spacial score (nSPS) is 9.84. The van der Waals surface area contributed by atoms with Gasteiger partial charge < -0.3 is 9.84 Å². The summed E-state index contributed by atoms with van der Waals surface area (Å²) in [4.78, 5) is 4.05. The highest BCUT2D eigenvalue weighted by Crippen LogP contribution is 2.13. The molecule has 2 rings (SSSR count). The summed E-state index contributed by atoms with van der Waals surface area (Å²) < 4.78 is 7.44. The molecule has 0 aliphatic carbocycles. The van der Waals surface area contributed by atoms with Gasteiger partial charge >= 0.3 is 0 Å². The van der Waals surface area contributed by atoms with Gasteiger partial charge in [-0.3, -0.25) is 9.67 Å². The van der Waals surface area contributed by atoms with Crippen molar-refractivity contribution < 1.29 is 9.84 Å². The van der Waals surface area contributed by atoms with Crippen molar-refractivity contribution in [2.75, 3.05) is 6.61 Å². The lowest BCUT2D eigenvalue weighted by Crippen LogP contribution is -2.03. The fourth-order valence-corrected chi connectivity index (χ4v) is 1.66. The van der Waals surface area contributed by atoms with E-state index in [1.54, 1.807) is 23.1 Å². The zero-order chi connectivity index (χ0) is 13.7. The number of aliphatic hydroxyl groups is 1. The Morgan fingerprint density at radius 2 is 2.21 bits per heavy atom. The predicted octanol–water partition coefficient (Wildman–Crippen LogP) is 1.05. The van der Waals surface area contributed by atoms with Crippen LogP contribution in [0.25, 0.3) is 0 Å². The molecular weight excluding hydrogens is 242 g/mol. The molecule has 98 valence electrons. The maximum absolute atomic E-state index is 8.65. The van der Waals surface area contributed by atoms with Gasteiger partial charge in [0.1, 0.15) is 19.0 Å². The van der Waals surface area contributed by atoms with Gasteiger partial charge in [-0.05, 0) is 19.1 Å². The van der Waals surface area contributed by atoms with E-state index in [4.69, 9.17) is 9.84 Å². The summed E-state index contributed by atoms with van der Waals surface area (Å²) >= 11 is 0. The summed E-state index contributed by atoms with van der Waals surface area (Å²) in [5.74, 6) is 6.00. The molecule has 1 N–H and O–H groups in total. The first-order valence-electron chi connectivity index (χ1n) is 5.86. The van der Waals surface area contributed by atoms with E-state index in [-0.39, 0.29) is 6.61 Å². The zero-order valence-electron chi connectivity index (χ0n) is 10.9. The second kappa shape index (κ2) is 6.03. The van der Waals surface area contributed by atoms with E-state index in [0.29, 0.717) is 17.9 Å². The van der Waals surface area contributed by atoms with Crippen LogP contribution in [0.2, 0.25) is 0 Å². The van der Waals surface area contributed by atoms with Gasteiger partial charge in [0.2, 0.25) is 0 Å². The standard InChI is InChI=1S/C14H15N3O2/c1-11-6-13(17(2)16-11)10-19-14-7-12(4-3-5-18)8-15-9-14/h6-9,18H,5,10H2,1-2H3. The summed E-state index contributed by atoms with van der Waals surface area (Å²) in [7, 11) is 1.88. The molecule has 0 saturated carbocycles. The first kappa shape index (κ1) is 13.1. The Kier molecular flexibility index (Phi) is 4.16. The van der Waals surface area contributed by atoms with Crippen LogP contribution in [0.3, 0.4) is 0 Å². The monoisotopic (exact) mass is 257 g/mol. The van der Waals surface area contributed by atoms with Crippen LogP contribution in [0.1, 0.15) is 17.0 Å². The quantitative estimate of drug-likeness (QED) is 0.835. The van der Waals surface area contributed by atoms with Crippen molar-refractivity contribution in [2.24, 2.45) is 7.05 Å². The topological polar surface area (TPSA) is 60.2 Å². The summed E-state index contributed by atoms with van der Waals surface area (Å²) in [6, 6.07) is 3.77. The Bertz CT molecular complexity index is 623. The van der Waals surface area contributed by atoms with Gasteiger partial charge in [0.05, 0.1) is 17.6 Å². The molecule has 0 aliphatic rings. The number of aryl methyl sites for hydroxylation is 2. The Balaban J connectivity index is 2.05. The molecule has 5 nitrogen and oxygen atoms in total. The molecule has 2 heterocycles. The van der Waals surface area contributed by atoms with Crippen LogP contribution in [0.4, 0.5) is 0 Å². The zero-order valence-corrected chi connectivity index (χ0v) is 10.9. The molecule has 2 aromatic rings. The molecule has 0 bridgehead atoms. The van der Waals surface area contributed by atoms with Gasteiger partial charge in [0, 0.05) is 18.8 Å². The van der Waals surface area contributed by atoms with E-state index in [9.17, 15) is 0 Å². The molecule has 0 radical (unpaired) electrons. The lowest BCUT2D eigenvalue weighted by molar-refractivity contribution is 0.293. The molecule has 19 heavy (non-hydrogen) atoms. The van der Waals surface area contributed by atoms with Gasteiger partial charge in [0.25, 0.3) is 0 Å². The van der Waals surface area contributed by atoms with Gasteiger partial charge in [0.15, 0.2) is 0 Å². The highest BCUT2D eigenvalue weighted by molar-refractivity contribution is 5.36. The number of aliphatic hydroxyl groups excluding tert-OH is 1. The highest BCUT2D eigenvalue weighted by Gasteiger charge is 2.03. The molecule has 0 saturated heterocycles. The van der Waals surface area contributed by atoms with Gasteiger partial charge in [-0.25, -0.2) is 0 Å². The van der Waals surface area contributed by atoms with Crippen molar-refractivity contribution in [2.45, 2.75) is 13.5 Å². The molecule has 0 atom stereocenters. The molecule has 0 aromatic carbocycles. The second-order valence-electron chi connectivity index (χ2n) is 4.06. The summed E-state index contributed by atoms with van der Waals surface area (Å²) in [6.07, 6.45) is 3.26. The van der Waals surface area contributed by atoms with Crippen LogP contribution in [-0.2, 0) is 13.7 Å². The number of rotatable bonds is 3. The van der Waals surface area contributed by atoms with E-state index in [0.717, 1.165) is 11.4 Å². The predicted molar refractivity (Wildman–Crippen MR) is 70.5 cm³/mol. The fourth-order valence-electron chi connectivity index (χ4n) is 1.66. The maximum atomic E-state index is 8.65. The van der Waals surface area contributed by atoms with Gasteiger partial charge in [-0.2, -0.15) is 5.10 Å². The van der Waals surface area contributed by atoms with Gasteiger partial charge in [-0.1, -0.05) is 11.8 Å². The Labute approximate surface area is 111 Å². The molecule has 2 aromatic heterocycles. The number of aromatic nitrogens is 3. The van der Waals surface area contributed by atoms with Crippen LogP contribution >= 0.6 is 0 Å². The number of hydrogen-bond acceptors (Lipinski definition) is 4. The van der Waals surface area contributed by atoms with E-state index in [1.165, 1.54) is 0 Å². The van der Waals surface area contributed by atoms with E-state index in [1.807, 2.05) is 20.0 Å². The van der Waals surface area contributed by atoms with Crippen molar-refractivity contribution in [1.82, 2.24) is 14.8 Å². The van der Waals surface area contributed by atoms with E-state index in [2.05, 4.69) is 21.9 Å². The highest BCUT2D eigenvalue weighted by atomic mass is 16.5. The largest absolute Gasteiger partial charge is 0.486 e. The summed E-state index contributed by atoms with van der Waals surface area (Å²) in [5.41, 5.74) is 2.67. The molecule has 0 amide bonds. The number of pyridine rings is 1. The lowest BCUT2D eigenvalue weighted by Gasteiger charge is -2.06. The minimum Gasteiger partial charge on any atom is -0.486 e. The van der Waals surface area contributed by atoms with E-state index >= 15 is 0 Å². The third-order valence-electron chi connectivity index (χ3n) is 2.51. The van der Waals surface area contributed by atoms with Crippen molar-refractivity contribution in [3.63, 3.8) is 0 Å². The SMILES string of the molecule is Cc1cc(COc2cncc(C#CCO)c2)n(C)n1. The third-order valence-corrected chi connectivity index (χ3v) is 2.51. The fraction of sp³-hybridized carbons (Fsp3) is 0.286. The van der Waals surface area contributed by atoms with Crippen molar-refractivity contribution >= 4 is 0 Å². The maximum Gasteiger partial charge on any atom is 0.139 e. The molecule has 5 heteroatoms. The average Bonchev–Trinajstić information content (AvgIpc) is 2.73. The van der Waals surface area contributed by atoms with Crippen LogP contribution in [0, 0.1) is 18.8 Å². The van der Waals surface area contributed by atoms with Crippen LogP contribution in [0.5, 0.6) is 5.75 Å². The Morgan fingerprint density at radius 1 is 1.37 bits per heavy atom. The number of nitrogens with zero attached hydrogens (tertiary/aromatic N) is 3. The lowest BCUT2D eigenvalue weighted by atomic mass is 10.3. The molecular formula is C14H15N3O2. The third kappa shape index (κ3) is 3.57. The smallest absolute Gasteiger partial charge is 0.139 e. The molecule has 0 fully saturated rings. The van der Waals surface area contributed by atoms with E-state index < -0.39 is 0 Å². The van der Waals surface area contributed by atoms with Crippen molar-refractivity contribution in [3.05, 3.63) is 41.5 Å². The molecule has 0 unspecified atom stereocenters. The first-order chi connectivity index (χ1) is 9.19. The van der Waals surface area contributed by atoms with Crippen LogP contribution < -0.4 is 4.74 Å². The Morgan fingerprint density at radius 3 is 2.89 bits per heavy atom. The summed E-state index contributed by atoms with van der Waals surface area (Å²) in [5, 5.41) is 12.9. The molecule has 0 spiro atoms. The molecule has 0 aliphatic heterocycles. The van der Waals surface area contributed by atoms with Crippen molar-refractivity contribution in [3.8, 4) is 17.6 Å².